The molecule has 13 heavy (non-hydrogen) atoms. The van der Waals surface area contributed by atoms with Crippen LogP contribution in [0.5, 0.6) is 0 Å². The Morgan fingerprint density at radius 2 is 2.31 bits per heavy atom. The first-order valence-electron chi connectivity index (χ1n) is 4.59. The van der Waals surface area contributed by atoms with Gasteiger partial charge in [-0.2, -0.15) is 0 Å². The van der Waals surface area contributed by atoms with Gasteiger partial charge in [0.05, 0.1) is 6.54 Å². The van der Waals surface area contributed by atoms with Gasteiger partial charge in [0, 0.05) is 12.5 Å². The Labute approximate surface area is 80.3 Å². The van der Waals surface area contributed by atoms with Crippen LogP contribution in [0.1, 0.15) is 20.3 Å². The van der Waals surface area contributed by atoms with Crippen LogP contribution in [0.4, 0.5) is 0 Å². The van der Waals surface area contributed by atoms with Gasteiger partial charge in [-0.1, -0.05) is 12.8 Å². The summed E-state index contributed by atoms with van der Waals surface area (Å²) in [6.07, 6.45) is 5.87. The minimum atomic E-state index is -0.0155. The number of carbonyl (C=O) groups excluding carboxylic acids is 1. The number of hydrogen-bond acceptors (Lipinski definition) is 2. The highest BCUT2D eigenvalue weighted by atomic mass is 16.2. The largest absolute Gasteiger partial charge is 0.332 e. The number of hydrogen-bond donors (Lipinski definition) is 1. The minimum Gasteiger partial charge on any atom is -0.332 e. The first-order chi connectivity index (χ1) is 6.17. The molecule has 1 amide bonds. The van der Waals surface area contributed by atoms with Crippen LogP contribution in [0.15, 0.2) is 0 Å². The van der Waals surface area contributed by atoms with Crippen LogP contribution in [0, 0.1) is 18.3 Å². The predicted octanol–water partition coefficient (Wildman–Crippen LogP) is 0.453. The molecule has 0 aromatic heterocycles. The van der Waals surface area contributed by atoms with Crippen molar-refractivity contribution in [2.45, 2.75) is 20.3 Å². The standard InChI is InChI=1S/C10H18N2O/c1-4-8-12(5-2)10(13)9(3)6-7-11/h1,9H,5-8,11H2,2-3H3. The lowest BCUT2D eigenvalue weighted by Gasteiger charge is -2.21. The fraction of sp³-hybridized carbons (Fsp3) is 0.700. The van der Waals surface area contributed by atoms with Crippen molar-refractivity contribution >= 4 is 5.91 Å². The Morgan fingerprint density at radius 1 is 1.69 bits per heavy atom. The summed E-state index contributed by atoms with van der Waals surface area (Å²) in [7, 11) is 0. The number of nitrogens with zero attached hydrogens (tertiary/aromatic N) is 1. The predicted molar refractivity (Wildman–Crippen MR) is 53.9 cm³/mol. The minimum absolute atomic E-state index is 0.0155. The Bertz CT molecular complexity index is 196. The van der Waals surface area contributed by atoms with Crippen LogP contribution in [-0.4, -0.2) is 30.4 Å². The van der Waals surface area contributed by atoms with Crippen LogP contribution >= 0.6 is 0 Å². The number of carbonyl (C=O) groups is 1. The molecule has 0 fully saturated rings. The highest BCUT2D eigenvalue weighted by Crippen LogP contribution is 2.05. The van der Waals surface area contributed by atoms with E-state index in [2.05, 4.69) is 5.92 Å². The smallest absolute Gasteiger partial charge is 0.226 e. The van der Waals surface area contributed by atoms with E-state index in [1.54, 1.807) is 4.90 Å². The number of terminal acetylenes is 1. The summed E-state index contributed by atoms with van der Waals surface area (Å²) < 4.78 is 0. The van der Waals surface area contributed by atoms with Crippen molar-refractivity contribution in [2.75, 3.05) is 19.6 Å². The number of rotatable bonds is 5. The van der Waals surface area contributed by atoms with E-state index in [0.717, 1.165) is 6.42 Å². The van der Waals surface area contributed by atoms with E-state index in [-0.39, 0.29) is 11.8 Å². The van der Waals surface area contributed by atoms with Gasteiger partial charge < -0.3 is 10.6 Å². The Morgan fingerprint density at radius 3 is 2.69 bits per heavy atom. The molecular formula is C10H18N2O. The van der Waals surface area contributed by atoms with E-state index in [1.807, 2.05) is 13.8 Å². The monoisotopic (exact) mass is 182 g/mol. The van der Waals surface area contributed by atoms with Crippen molar-refractivity contribution in [3.63, 3.8) is 0 Å². The quantitative estimate of drug-likeness (QED) is 0.628. The van der Waals surface area contributed by atoms with Gasteiger partial charge in [-0.15, -0.1) is 6.42 Å². The van der Waals surface area contributed by atoms with Gasteiger partial charge in [0.15, 0.2) is 0 Å². The maximum atomic E-state index is 11.6. The van der Waals surface area contributed by atoms with E-state index in [9.17, 15) is 4.79 Å². The molecule has 3 nitrogen and oxygen atoms in total. The lowest BCUT2D eigenvalue weighted by Crippen LogP contribution is -2.36. The van der Waals surface area contributed by atoms with Crippen LogP contribution in [0.25, 0.3) is 0 Å². The Hall–Kier alpha value is -1.01. The van der Waals surface area contributed by atoms with Crippen molar-refractivity contribution in [1.29, 1.82) is 0 Å². The van der Waals surface area contributed by atoms with E-state index in [1.165, 1.54) is 0 Å². The lowest BCUT2D eigenvalue weighted by molar-refractivity contribution is -0.134. The molecule has 1 atom stereocenters. The van der Waals surface area contributed by atoms with Gasteiger partial charge in [0.25, 0.3) is 0 Å². The second-order valence-corrected chi connectivity index (χ2v) is 3.03. The highest BCUT2D eigenvalue weighted by Gasteiger charge is 2.17. The maximum absolute atomic E-state index is 11.6. The molecule has 0 rings (SSSR count). The molecule has 3 heteroatoms. The Kier molecular flexibility index (Phi) is 5.99. The zero-order valence-electron chi connectivity index (χ0n) is 8.42. The van der Waals surface area contributed by atoms with Gasteiger partial charge in [-0.3, -0.25) is 4.79 Å². The second-order valence-electron chi connectivity index (χ2n) is 3.03. The zero-order chi connectivity index (χ0) is 10.3. The summed E-state index contributed by atoms with van der Waals surface area (Å²) in [5.41, 5.74) is 5.37. The normalized spacial score (nSPS) is 11.8. The molecule has 74 valence electrons. The van der Waals surface area contributed by atoms with E-state index >= 15 is 0 Å². The molecule has 0 aliphatic rings. The SMILES string of the molecule is C#CCN(CC)C(=O)C(C)CCN. The fourth-order valence-corrected chi connectivity index (χ4v) is 1.14. The van der Waals surface area contributed by atoms with E-state index < -0.39 is 0 Å². The van der Waals surface area contributed by atoms with Crippen molar-refractivity contribution < 1.29 is 4.79 Å². The lowest BCUT2D eigenvalue weighted by atomic mass is 10.1. The fourth-order valence-electron chi connectivity index (χ4n) is 1.14. The summed E-state index contributed by atoms with van der Waals surface area (Å²) in [5.74, 6) is 2.56. The van der Waals surface area contributed by atoms with Crippen LogP contribution in [0.2, 0.25) is 0 Å². The van der Waals surface area contributed by atoms with Gasteiger partial charge in [-0.05, 0) is 19.9 Å². The third-order valence-electron chi connectivity index (χ3n) is 2.00. The molecule has 0 saturated heterocycles. The second kappa shape index (κ2) is 6.50. The van der Waals surface area contributed by atoms with Crippen molar-refractivity contribution in [3.8, 4) is 12.3 Å². The molecule has 0 aliphatic carbocycles. The molecule has 2 N–H and O–H groups in total. The Balaban J connectivity index is 4.12. The summed E-state index contributed by atoms with van der Waals surface area (Å²) in [6.45, 7) is 5.40. The molecule has 0 saturated carbocycles. The van der Waals surface area contributed by atoms with Crippen molar-refractivity contribution in [3.05, 3.63) is 0 Å². The molecule has 0 spiro atoms. The van der Waals surface area contributed by atoms with Gasteiger partial charge >= 0.3 is 0 Å². The third-order valence-corrected chi connectivity index (χ3v) is 2.00. The molecule has 1 unspecified atom stereocenters. The highest BCUT2D eigenvalue weighted by molar-refractivity contribution is 5.78. The topological polar surface area (TPSA) is 46.3 Å². The molecule has 0 aromatic carbocycles. The maximum Gasteiger partial charge on any atom is 0.226 e. The van der Waals surface area contributed by atoms with E-state index in [4.69, 9.17) is 12.2 Å². The summed E-state index contributed by atoms with van der Waals surface area (Å²) in [6, 6.07) is 0. The molecule has 0 aromatic rings. The molecule has 0 bridgehead atoms. The van der Waals surface area contributed by atoms with Gasteiger partial charge in [-0.25, -0.2) is 0 Å². The average Bonchev–Trinajstić information content (AvgIpc) is 2.13. The van der Waals surface area contributed by atoms with Crippen molar-refractivity contribution in [1.82, 2.24) is 4.90 Å². The molecule has 0 aliphatic heterocycles. The van der Waals surface area contributed by atoms with Gasteiger partial charge in [0.2, 0.25) is 5.91 Å². The summed E-state index contributed by atoms with van der Waals surface area (Å²) in [5, 5.41) is 0. The zero-order valence-corrected chi connectivity index (χ0v) is 8.42. The molecular weight excluding hydrogens is 164 g/mol. The number of nitrogens with two attached hydrogens (primary N) is 1. The summed E-state index contributed by atoms with van der Waals surface area (Å²) in [4.78, 5) is 13.3. The van der Waals surface area contributed by atoms with Crippen LogP contribution in [-0.2, 0) is 4.79 Å². The van der Waals surface area contributed by atoms with Crippen LogP contribution in [0.3, 0.4) is 0 Å². The van der Waals surface area contributed by atoms with Crippen LogP contribution < -0.4 is 5.73 Å². The molecule has 0 radical (unpaired) electrons. The number of amides is 1. The first-order valence-corrected chi connectivity index (χ1v) is 4.59. The average molecular weight is 182 g/mol. The first kappa shape index (κ1) is 12.0. The third kappa shape index (κ3) is 3.95. The molecule has 0 heterocycles. The van der Waals surface area contributed by atoms with Crippen molar-refractivity contribution in [2.24, 2.45) is 11.7 Å². The summed E-state index contributed by atoms with van der Waals surface area (Å²) >= 11 is 0. The van der Waals surface area contributed by atoms with Gasteiger partial charge in [0.1, 0.15) is 0 Å². The van der Waals surface area contributed by atoms with E-state index in [0.29, 0.717) is 19.6 Å².